The quantitative estimate of drug-likeness (QED) is 0.908. The van der Waals surface area contributed by atoms with Crippen LogP contribution < -0.4 is 10.5 Å². The smallest absolute Gasteiger partial charge is 0.241 e. The SMILES string of the molecule is CN(CCOc1ccccc1Cl)C(=O)C(C)(C)N.Cl. The van der Waals surface area contributed by atoms with E-state index in [1.54, 1.807) is 37.9 Å². The minimum atomic E-state index is -0.862. The molecule has 1 aromatic carbocycles. The van der Waals surface area contributed by atoms with Gasteiger partial charge >= 0.3 is 0 Å². The van der Waals surface area contributed by atoms with Gasteiger partial charge in [-0.25, -0.2) is 0 Å². The fourth-order valence-electron chi connectivity index (χ4n) is 1.45. The Kier molecular flexibility index (Phi) is 7.19. The van der Waals surface area contributed by atoms with E-state index in [-0.39, 0.29) is 18.3 Å². The molecule has 1 amide bonds. The zero-order valence-corrected chi connectivity index (χ0v) is 12.9. The fourth-order valence-corrected chi connectivity index (χ4v) is 1.64. The summed E-state index contributed by atoms with van der Waals surface area (Å²) in [6.45, 7) is 4.20. The maximum atomic E-state index is 11.8. The number of nitrogens with two attached hydrogens (primary N) is 1. The first-order valence-electron chi connectivity index (χ1n) is 5.74. The van der Waals surface area contributed by atoms with E-state index in [2.05, 4.69) is 0 Å². The maximum absolute atomic E-state index is 11.8. The molecule has 2 N–H and O–H groups in total. The molecule has 0 aliphatic heterocycles. The summed E-state index contributed by atoms with van der Waals surface area (Å²) in [7, 11) is 1.70. The first-order chi connectivity index (χ1) is 8.32. The Morgan fingerprint density at radius 3 is 2.53 bits per heavy atom. The number of hydrogen-bond donors (Lipinski definition) is 1. The van der Waals surface area contributed by atoms with Gasteiger partial charge < -0.3 is 15.4 Å². The van der Waals surface area contributed by atoms with E-state index in [0.29, 0.717) is 23.9 Å². The molecular weight excluding hydrogens is 287 g/mol. The van der Waals surface area contributed by atoms with E-state index in [0.717, 1.165) is 0 Å². The minimum Gasteiger partial charge on any atom is -0.490 e. The molecule has 0 bridgehead atoms. The van der Waals surface area contributed by atoms with E-state index in [1.807, 2.05) is 12.1 Å². The molecule has 0 saturated heterocycles. The molecule has 1 rings (SSSR count). The van der Waals surface area contributed by atoms with E-state index in [4.69, 9.17) is 22.1 Å². The Morgan fingerprint density at radius 2 is 2.00 bits per heavy atom. The maximum Gasteiger partial charge on any atom is 0.241 e. The van der Waals surface area contributed by atoms with Crippen molar-refractivity contribution in [2.45, 2.75) is 19.4 Å². The molecule has 0 atom stereocenters. The summed E-state index contributed by atoms with van der Waals surface area (Å²) < 4.78 is 5.50. The number of nitrogens with zero attached hydrogens (tertiary/aromatic N) is 1. The number of carbonyl (C=O) groups is 1. The van der Waals surface area contributed by atoms with Crippen molar-refractivity contribution in [1.82, 2.24) is 4.90 Å². The van der Waals surface area contributed by atoms with Gasteiger partial charge in [-0.05, 0) is 26.0 Å². The number of para-hydroxylation sites is 1. The van der Waals surface area contributed by atoms with Crippen LogP contribution in [0.5, 0.6) is 5.75 Å². The number of hydrogen-bond acceptors (Lipinski definition) is 3. The van der Waals surface area contributed by atoms with Crippen molar-refractivity contribution < 1.29 is 9.53 Å². The van der Waals surface area contributed by atoms with Crippen LogP contribution in [0.15, 0.2) is 24.3 Å². The molecule has 0 aliphatic rings. The molecule has 108 valence electrons. The van der Waals surface area contributed by atoms with Gasteiger partial charge in [0.25, 0.3) is 0 Å². The van der Waals surface area contributed by atoms with Crippen molar-refractivity contribution >= 4 is 29.9 Å². The summed E-state index contributed by atoms with van der Waals surface area (Å²) >= 11 is 5.95. The van der Waals surface area contributed by atoms with Crippen LogP contribution >= 0.6 is 24.0 Å². The van der Waals surface area contributed by atoms with E-state index in [1.165, 1.54) is 0 Å². The standard InChI is InChI=1S/C13H19ClN2O2.ClH/c1-13(2,15)12(17)16(3)8-9-18-11-7-5-4-6-10(11)14;/h4-7H,8-9,15H2,1-3H3;1H. The molecule has 0 radical (unpaired) electrons. The molecule has 0 unspecified atom stereocenters. The Bertz CT molecular complexity index is 419. The van der Waals surface area contributed by atoms with Gasteiger partial charge in [-0.1, -0.05) is 23.7 Å². The first kappa shape index (κ1) is 18.0. The Morgan fingerprint density at radius 1 is 1.42 bits per heavy atom. The highest BCUT2D eigenvalue weighted by Crippen LogP contribution is 2.22. The zero-order chi connectivity index (χ0) is 13.8. The van der Waals surface area contributed by atoms with Crippen LogP contribution in [0, 0.1) is 0 Å². The van der Waals surface area contributed by atoms with Gasteiger partial charge in [0.15, 0.2) is 0 Å². The lowest BCUT2D eigenvalue weighted by atomic mass is 10.1. The number of rotatable bonds is 5. The van der Waals surface area contributed by atoms with Gasteiger partial charge in [-0.3, -0.25) is 4.79 Å². The average molecular weight is 307 g/mol. The van der Waals surface area contributed by atoms with Crippen LogP contribution in [0.3, 0.4) is 0 Å². The Balaban J connectivity index is 0.00000324. The monoisotopic (exact) mass is 306 g/mol. The lowest BCUT2D eigenvalue weighted by molar-refractivity contribution is -0.134. The molecule has 0 spiro atoms. The molecule has 4 nitrogen and oxygen atoms in total. The average Bonchev–Trinajstić information content (AvgIpc) is 2.29. The molecule has 1 aromatic rings. The normalized spacial score (nSPS) is 10.6. The highest BCUT2D eigenvalue weighted by Gasteiger charge is 2.25. The summed E-state index contributed by atoms with van der Waals surface area (Å²) in [5.41, 5.74) is 4.87. The van der Waals surface area contributed by atoms with Crippen LogP contribution in [0.1, 0.15) is 13.8 Å². The highest BCUT2D eigenvalue weighted by molar-refractivity contribution is 6.32. The molecule has 0 aromatic heterocycles. The van der Waals surface area contributed by atoms with Crippen LogP contribution in [0.25, 0.3) is 0 Å². The second-order valence-electron chi connectivity index (χ2n) is 4.73. The van der Waals surface area contributed by atoms with Crippen molar-refractivity contribution in [2.24, 2.45) is 5.73 Å². The lowest BCUT2D eigenvalue weighted by Crippen LogP contribution is -2.50. The van der Waals surface area contributed by atoms with Crippen LogP contribution in [0.4, 0.5) is 0 Å². The van der Waals surface area contributed by atoms with Crippen molar-refractivity contribution in [2.75, 3.05) is 20.2 Å². The molecule has 0 fully saturated rings. The molecule has 19 heavy (non-hydrogen) atoms. The summed E-state index contributed by atoms with van der Waals surface area (Å²) in [5, 5.41) is 0.561. The minimum absolute atomic E-state index is 0. The van der Waals surface area contributed by atoms with Crippen molar-refractivity contribution in [3.63, 3.8) is 0 Å². The van der Waals surface area contributed by atoms with Gasteiger partial charge in [-0.15, -0.1) is 12.4 Å². The van der Waals surface area contributed by atoms with Crippen LogP contribution in [-0.4, -0.2) is 36.5 Å². The third-order valence-corrected chi connectivity index (χ3v) is 2.73. The fraction of sp³-hybridized carbons (Fsp3) is 0.462. The number of carbonyl (C=O) groups excluding carboxylic acids is 1. The molecule has 0 aliphatic carbocycles. The van der Waals surface area contributed by atoms with Gasteiger partial charge in [0.2, 0.25) is 5.91 Å². The second-order valence-corrected chi connectivity index (χ2v) is 5.13. The topological polar surface area (TPSA) is 55.6 Å². The van der Waals surface area contributed by atoms with Crippen molar-refractivity contribution in [1.29, 1.82) is 0 Å². The third kappa shape index (κ3) is 5.68. The zero-order valence-electron chi connectivity index (χ0n) is 11.4. The van der Waals surface area contributed by atoms with Crippen LogP contribution in [0.2, 0.25) is 5.02 Å². The van der Waals surface area contributed by atoms with Crippen molar-refractivity contribution in [3.05, 3.63) is 29.3 Å². The van der Waals surface area contributed by atoms with Crippen molar-refractivity contribution in [3.8, 4) is 5.75 Å². The summed E-state index contributed by atoms with van der Waals surface area (Å²) in [4.78, 5) is 13.3. The predicted molar refractivity (Wildman–Crippen MR) is 80.1 cm³/mol. The summed E-state index contributed by atoms with van der Waals surface area (Å²) in [6.07, 6.45) is 0. The number of benzene rings is 1. The Hall–Kier alpha value is -0.970. The lowest BCUT2D eigenvalue weighted by Gasteiger charge is -2.25. The molecule has 0 heterocycles. The van der Waals surface area contributed by atoms with E-state index in [9.17, 15) is 4.79 Å². The van der Waals surface area contributed by atoms with Gasteiger partial charge in [0.05, 0.1) is 17.1 Å². The largest absolute Gasteiger partial charge is 0.490 e. The van der Waals surface area contributed by atoms with Crippen LogP contribution in [-0.2, 0) is 4.79 Å². The van der Waals surface area contributed by atoms with Gasteiger partial charge in [0, 0.05) is 7.05 Å². The van der Waals surface area contributed by atoms with Gasteiger partial charge in [0.1, 0.15) is 12.4 Å². The summed E-state index contributed by atoms with van der Waals surface area (Å²) in [6, 6.07) is 7.23. The van der Waals surface area contributed by atoms with Gasteiger partial charge in [-0.2, -0.15) is 0 Å². The number of likely N-dealkylation sites (N-methyl/N-ethyl adjacent to an activating group) is 1. The first-order valence-corrected chi connectivity index (χ1v) is 6.12. The van der Waals surface area contributed by atoms with E-state index < -0.39 is 5.54 Å². The molecule has 6 heteroatoms. The number of halogens is 2. The number of amides is 1. The highest BCUT2D eigenvalue weighted by atomic mass is 35.5. The Labute approximate surface area is 125 Å². The number of ether oxygens (including phenoxy) is 1. The summed E-state index contributed by atoms with van der Waals surface area (Å²) in [5.74, 6) is 0.497. The molecule has 0 saturated carbocycles. The van der Waals surface area contributed by atoms with E-state index >= 15 is 0 Å². The third-order valence-electron chi connectivity index (χ3n) is 2.42. The second kappa shape index (κ2) is 7.58. The molecular formula is C13H20Cl2N2O2. The predicted octanol–water partition coefficient (Wildman–Crippen LogP) is 2.34.